The fraction of sp³-hybridized carbons (Fsp3) is 0.462. The number of hydrogen-bond donors (Lipinski definition) is 1. The molecule has 0 saturated carbocycles. The number of thiazole rings is 1. The molecule has 3 heteroatoms. The Bertz CT molecular complexity index is 512. The van der Waals surface area contributed by atoms with Crippen molar-refractivity contribution >= 4 is 21.6 Å². The molecule has 0 radical (unpaired) electrons. The standard InChI is InChI=1S/C13H17NOS/c1-2-3-4-5-6-10-7-8-11-12(9-10)16-13(15)14-11/h7-9H,2-6H2,1H3,(H,14,15). The SMILES string of the molecule is CCCCCCc1ccc2[nH]c(=O)sc2c1. The second-order valence-corrected chi connectivity index (χ2v) is 5.17. The number of hydrogen-bond acceptors (Lipinski definition) is 2. The third-order valence-corrected chi connectivity index (χ3v) is 3.65. The number of rotatable bonds is 5. The highest BCUT2D eigenvalue weighted by Gasteiger charge is 2.00. The van der Waals surface area contributed by atoms with Crippen LogP contribution in [-0.4, -0.2) is 4.98 Å². The average Bonchev–Trinajstić information content (AvgIpc) is 2.64. The number of fused-ring (bicyclic) bond motifs is 1. The number of aromatic amines is 1. The number of aryl methyl sites for hydroxylation is 1. The Morgan fingerprint density at radius 3 is 2.94 bits per heavy atom. The van der Waals surface area contributed by atoms with Crippen LogP contribution in [0.15, 0.2) is 23.0 Å². The van der Waals surface area contributed by atoms with Crippen LogP contribution in [0.25, 0.3) is 10.2 Å². The summed E-state index contributed by atoms with van der Waals surface area (Å²) < 4.78 is 1.08. The van der Waals surface area contributed by atoms with Crippen molar-refractivity contribution in [3.05, 3.63) is 33.4 Å². The number of H-pyrrole nitrogens is 1. The van der Waals surface area contributed by atoms with Crippen molar-refractivity contribution in [2.75, 3.05) is 0 Å². The van der Waals surface area contributed by atoms with Crippen molar-refractivity contribution in [1.29, 1.82) is 0 Å². The van der Waals surface area contributed by atoms with Crippen LogP contribution < -0.4 is 4.87 Å². The van der Waals surface area contributed by atoms with Gasteiger partial charge in [0, 0.05) is 0 Å². The molecule has 2 rings (SSSR count). The van der Waals surface area contributed by atoms with Gasteiger partial charge in [-0.15, -0.1) is 0 Å². The monoisotopic (exact) mass is 235 g/mol. The first-order valence-electron chi connectivity index (χ1n) is 5.91. The van der Waals surface area contributed by atoms with E-state index in [-0.39, 0.29) is 4.87 Å². The van der Waals surface area contributed by atoms with Crippen LogP contribution in [0.3, 0.4) is 0 Å². The summed E-state index contributed by atoms with van der Waals surface area (Å²) in [5.41, 5.74) is 2.31. The highest BCUT2D eigenvalue weighted by atomic mass is 32.1. The van der Waals surface area contributed by atoms with Crippen LogP contribution >= 0.6 is 11.3 Å². The summed E-state index contributed by atoms with van der Waals surface area (Å²) in [7, 11) is 0. The largest absolute Gasteiger partial charge is 0.312 e. The molecule has 0 atom stereocenters. The maximum absolute atomic E-state index is 11.2. The fourth-order valence-corrected chi connectivity index (χ4v) is 2.70. The summed E-state index contributed by atoms with van der Waals surface area (Å²) in [6.07, 6.45) is 6.27. The van der Waals surface area contributed by atoms with Crippen LogP contribution in [-0.2, 0) is 6.42 Å². The minimum absolute atomic E-state index is 0.0399. The molecule has 0 spiro atoms. The summed E-state index contributed by atoms with van der Waals surface area (Å²) >= 11 is 1.30. The van der Waals surface area contributed by atoms with Gasteiger partial charge in [-0.25, -0.2) is 0 Å². The number of nitrogens with one attached hydrogen (secondary N) is 1. The number of benzene rings is 1. The fourth-order valence-electron chi connectivity index (χ4n) is 1.90. The van der Waals surface area contributed by atoms with Crippen LogP contribution in [0.1, 0.15) is 38.2 Å². The molecule has 1 N–H and O–H groups in total. The first-order valence-corrected chi connectivity index (χ1v) is 6.73. The predicted octanol–water partition coefficient (Wildman–Crippen LogP) is 3.71. The summed E-state index contributed by atoms with van der Waals surface area (Å²) in [6.45, 7) is 2.23. The predicted molar refractivity (Wildman–Crippen MR) is 70.3 cm³/mol. The minimum atomic E-state index is 0.0399. The molecule has 0 saturated heterocycles. The van der Waals surface area contributed by atoms with E-state index >= 15 is 0 Å². The first kappa shape index (κ1) is 11.4. The van der Waals surface area contributed by atoms with Crippen molar-refractivity contribution in [3.8, 4) is 0 Å². The Kier molecular flexibility index (Phi) is 3.78. The van der Waals surface area contributed by atoms with E-state index in [0.717, 1.165) is 16.6 Å². The molecule has 1 heterocycles. The second-order valence-electron chi connectivity index (χ2n) is 4.16. The topological polar surface area (TPSA) is 32.9 Å². The van der Waals surface area contributed by atoms with E-state index < -0.39 is 0 Å². The molecule has 0 unspecified atom stereocenters. The molecule has 86 valence electrons. The lowest BCUT2D eigenvalue weighted by Crippen LogP contribution is -1.89. The number of aromatic nitrogens is 1. The van der Waals surface area contributed by atoms with Gasteiger partial charge in [0.2, 0.25) is 0 Å². The third kappa shape index (κ3) is 2.73. The maximum Gasteiger partial charge on any atom is 0.305 e. The van der Waals surface area contributed by atoms with Gasteiger partial charge in [0.25, 0.3) is 0 Å². The minimum Gasteiger partial charge on any atom is -0.312 e. The average molecular weight is 235 g/mol. The lowest BCUT2D eigenvalue weighted by molar-refractivity contribution is 0.667. The zero-order valence-electron chi connectivity index (χ0n) is 9.58. The summed E-state index contributed by atoms with van der Waals surface area (Å²) in [4.78, 5) is 14.0. The van der Waals surface area contributed by atoms with Crippen molar-refractivity contribution < 1.29 is 0 Å². The normalized spacial score (nSPS) is 11.1. The Hall–Kier alpha value is -1.09. The van der Waals surface area contributed by atoms with Crippen molar-refractivity contribution in [2.24, 2.45) is 0 Å². The van der Waals surface area contributed by atoms with E-state index in [1.807, 2.05) is 6.07 Å². The molecular weight excluding hydrogens is 218 g/mol. The Balaban J connectivity index is 2.04. The molecular formula is C13H17NOS. The van der Waals surface area contributed by atoms with Gasteiger partial charge in [0.1, 0.15) is 0 Å². The van der Waals surface area contributed by atoms with Crippen LogP contribution in [0, 0.1) is 0 Å². The van der Waals surface area contributed by atoms with Gasteiger partial charge < -0.3 is 4.98 Å². The molecule has 16 heavy (non-hydrogen) atoms. The molecule has 0 fully saturated rings. The van der Waals surface area contributed by atoms with Crippen LogP contribution in [0.2, 0.25) is 0 Å². The molecule has 0 aliphatic rings. The molecule has 1 aromatic heterocycles. The Morgan fingerprint density at radius 1 is 1.25 bits per heavy atom. The second kappa shape index (κ2) is 5.30. The summed E-state index contributed by atoms with van der Waals surface area (Å²) in [5, 5.41) is 0. The van der Waals surface area contributed by atoms with Gasteiger partial charge in [0.15, 0.2) is 0 Å². The first-order chi connectivity index (χ1) is 7.79. The highest BCUT2D eigenvalue weighted by Crippen LogP contribution is 2.17. The van der Waals surface area contributed by atoms with Crippen molar-refractivity contribution in [3.63, 3.8) is 0 Å². The molecule has 1 aromatic carbocycles. The van der Waals surface area contributed by atoms with Crippen molar-refractivity contribution in [1.82, 2.24) is 4.98 Å². The third-order valence-electron chi connectivity index (χ3n) is 2.80. The Labute approximate surface area is 99.3 Å². The van der Waals surface area contributed by atoms with Crippen molar-refractivity contribution in [2.45, 2.75) is 39.0 Å². The van der Waals surface area contributed by atoms with E-state index in [9.17, 15) is 4.79 Å². The van der Waals surface area contributed by atoms with E-state index in [1.165, 1.54) is 42.6 Å². The lowest BCUT2D eigenvalue weighted by Gasteiger charge is -2.00. The zero-order chi connectivity index (χ0) is 11.4. The van der Waals surface area contributed by atoms with Gasteiger partial charge in [0.05, 0.1) is 10.2 Å². The summed E-state index contributed by atoms with van der Waals surface area (Å²) in [5.74, 6) is 0. The highest BCUT2D eigenvalue weighted by molar-refractivity contribution is 7.16. The van der Waals surface area contributed by atoms with Crippen LogP contribution in [0.5, 0.6) is 0 Å². The lowest BCUT2D eigenvalue weighted by atomic mass is 10.1. The van der Waals surface area contributed by atoms with Gasteiger partial charge >= 0.3 is 4.87 Å². The van der Waals surface area contributed by atoms with Crippen LogP contribution in [0.4, 0.5) is 0 Å². The van der Waals surface area contributed by atoms with Gasteiger partial charge in [-0.05, 0) is 30.5 Å². The van der Waals surface area contributed by atoms with E-state index in [4.69, 9.17) is 0 Å². The quantitative estimate of drug-likeness (QED) is 0.787. The molecule has 0 amide bonds. The molecule has 2 nitrogen and oxygen atoms in total. The Morgan fingerprint density at radius 2 is 2.12 bits per heavy atom. The van der Waals surface area contributed by atoms with E-state index in [0.29, 0.717) is 0 Å². The smallest absolute Gasteiger partial charge is 0.305 e. The van der Waals surface area contributed by atoms with E-state index in [1.54, 1.807) is 0 Å². The molecule has 0 aliphatic heterocycles. The molecule has 0 aliphatic carbocycles. The van der Waals surface area contributed by atoms with Gasteiger partial charge in [-0.2, -0.15) is 0 Å². The molecule has 2 aromatic rings. The maximum atomic E-state index is 11.2. The summed E-state index contributed by atoms with van der Waals surface area (Å²) in [6, 6.07) is 6.28. The number of unbranched alkanes of at least 4 members (excludes halogenated alkanes) is 3. The zero-order valence-corrected chi connectivity index (χ0v) is 10.4. The van der Waals surface area contributed by atoms with Gasteiger partial charge in [-0.1, -0.05) is 43.6 Å². The molecule has 0 bridgehead atoms. The van der Waals surface area contributed by atoms with E-state index in [2.05, 4.69) is 24.0 Å². The van der Waals surface area contributed by atoms with Gasteiger partial charge in [-0.3, -0.25) is 4.79 Å².